The number of ketones is 1. The Hall–Kier alpha value is -0.270. The van der Waals surface area contributed by atoms with Gasteiger partial charge in [0.1, 0.15) is 31.0 Å². The summed E-state index contributed by atoms with van der Waals surface area (Å²) in [5.41, 5.74) is 0. The first-order chi connectivity index (χ1) is 9.80. The zero-order valence-electron chi connectivity index (χ0n) is 10.7. The van der Waals surface area contributed by atoms with Gasteiger partial charge in [-0.2, -0.15) is 4.31 Å². The molecule has 8 N–H and O–H groups in total. The molecule has 0 aromatic heterocycles. The van der Waals surface area contributed by atoms with Crippen molar-refractivity contribution in [2.75, 3.05) is 13.2 Å². The Bertz CT molecular complexity index is 459. The van der Waals surface area contributed by atoms with Gasteiger partial charge in [-0.05, 0) is 0 Å². The number of hydrogen-bond donors (Lipinski definition) is 8. The summed E-state index contributed by atoms with van der Waals surface area (Å²) in [5, 5.41) is 45.4. The minimum Gasteiger partial charge on any atom is -0.394 e. The van der Waals surface area contributed by atoms with Crippen molar-refractivity contribution in [1.82, 2.24) is 0 Å². The van der Waals surface area contributed by atoms with Gasteiger partial charge in [-0.25, -0.2) is 9.13 Å². The Morgan fingerprint density at radius 2 is 1.50 bits per heavy atom. The first-order valence-electron chi connectivity index (χ1n) is 5.41. The second-order valence-corrected chi connectivity index (χ2v) is 6.79. The van der Waals surface area contributed by atoms with E-state index in [0.717, 1.165) is 0 Å². The Morgan fingerprint density at radius 1 is 1.00 bits per heavy atom. The lowest BCUT2D eigenvalue weighted by molar-refractivity contribution is -0.149. The van der Waals surface area contributed by atoms with Crippen LogP contribution in [0, 0.1) is 0 Å². The second kappa shape index (κ2) is 8.55. The zero-order chi connectivity index (χ0) is 17.7. The van der Waals surface area contributed by atoms with Gasteiger partial charge < -0.3 is 40.2 Å². The first kappa shape index (κ1) is 21.7. The molecule has 15 heteroatoms. The Labute approximate surface area is 123 Å². The molecule has 0 aromatic rings. The molecule has 0 spiro atoms. The molecule has 0 aliphatic carbocycles. The van der Waals surface area contributed by atoms with Crippen molar-refractivity contribution in [2.45, 2.75) is 24.4 Å². The van der Waals surface area contributed by atoms with Crippen LogP contribution in [0.3, 0.4) is 0 Å². The summed E-state index contributed by atoms with van der Waals surface area (Å²) in [6, 6.07) is 0. The van der Waals surface area contributed by atoms with Crippen molar-refractivity contribution in [1.29, 1.82) is 0 Å². The normalized spacial score (nSPS) is 20.7. The van der Waals surface area contributed by atoms with Crippen molar-refractivity contribution >= 4 is 21.4 Å². The van der Waals surface area contributed by atoms with Gasteiger partial charge in [0.25, 0.3) is 0 Å². The maximum absolute atomic E-state index is 11.3. The second-order valence-electron chi connectivity index (χ2n) is 3.96. The SMILES string of the molecule is O=C(COP(=O)(O)OP(=O)(O)O)[C@@H](O)[C@H](O)[C@H](O)[C@H](O)CO. The molecule has 5 atom stereocenters. The van der Waals surface area contributed by atoms with Gasteiger partial charge >= 0.3 is 15.6 Å². The maximum Gasteiger partial charge on any atom is 0.481 e. The Balaban J connectivity index is 4.60. The third-order valence-corrected chi connectivity index (χ3v) is 4.30. The van der Waals surface area contributed by atoms with Crippen molar-refractivity contribution in [2.24, 2.45) is 0 Å². The van der Waals surface area contributed by atoms with E-state index < -0.39 is 59.1 Å². The van der Waals surface area contributed by atoms with Crippen LogP contribution >= 0.6 is 15.6 Å². The topological polar surface area (TPSA) is 232 Å². The largest absolute Gasteiger partial charge is 0.481 e. The first-order valence-corrected chi connectivity index (χ1v) is 8.43. The average Bonchev–Trinajstić information content (AvgIpc) is 2.38. The predicted molar refractivity (Wildman–Crippen MR) is 65.0 cm³/mol. The number of rotatable bonds is 10. The Kier molecular flexibility index (Phi) is 8.44. The lowest BCUT2D eigenvalue weighted by atomic mass is 10.0. The summed E-state index contributed by atoms with van der Waals surface area (Å²) in [5.74, 6) is -1.47. The predicted octanol–water partition coefficient (Wildman–Crippen LogP) is -3.78. The molecule has 0 heterocycles. The van der Waals surface area contributed by atoms with Crippen molar-refractivity contribution in [3.63, 3.8) is 0 Å². The van der Waals surface area contributed by atoms with Crippen LogP contribution in [0.2, 0.25) is 0 Å². The smallest absolute Gasteiger partial charge is 0.394 e. The highest BCUT2D eigenvalue weighted by atomic mass is 31.3. The number of carbonyl (C=O) groups excluding carboxylic acids is 1. The van der Waals surface area contributed by atoms with E-state index in [4.69, 9.17) is 24.9 Å². The van der Waals surface area contributed by atoms with E-state index in [-0.39, 0.29) is 0 Å². The highest BCUT2D eigenvalue weighted by Crippen LogP contribution is 2.57. The molecule has 0 saturated heterocycles. The van der Waals surface area contributed by atoms with Gasteiger partial charge in [0.2, 0.25) is 0 Å². The van der Waals surface area contributed by atoms with Crippen LogP contribution in [0.5, 0.6) is 0 Å². The minimum atomic E-state index is -5.39. The molecular formula is C7H16O13P2. The quantitative estimate of drug-likeness (QED) is 0.173. The van der Waals surface area contributed by atoms with Crippen molar-refractivity contribution in [3.05, 3.63) is 0 Å². The van der Waals surface area contributed by atoms with Crippen molar-refractivity contribution in [3.8, 4) is 0 Å². The molecule has 132 valence electrons. The summed E-state index contributed by atoms with van der Waals surface area (Å²) >= 11 is 0. The fraction of sp³-hybridized carbons (Fsp3) is 0.857. The van der Waals surface area contributed by atoms with E-state index in [9.17, 15) is 29.2 Å². The van der Waals surface area contributed by atoms with E-state index in [2.05, 4.69) is 8.83 Å². The van der Waals surface area contributed by atoms with Crippen LogP contribution < -0.4 is 0 Å². The number of aliphatic hydroxyl groups excluding tert-OH is 5. The fourth-order valence-corrected chi connectivity index (χ4v) is 2.66. The van der Waals surface area contributed by atoms with E-state index in [1.165, 1.54) is 0 Å². The molecule has 1 unspecified atom stereocenters. The van der Waals surface area contributed by atoms with Gasteiger partial charge in [0.15, 0.2) is 5.78 Å². The third kappa shape index (κ3) is 7.83. The molecule has 0 fully saturated rings. The summed E-state index contributed by atoms with van der Waals surface area (Å²) < 4.78 is 28.6. The molecule has 0 aliphatic rings. The van der Waals surface area contributed by atoms with Crippen LogP contribution in [0.25, 0.3) is 0 Å². The van der Waals surface area contributed by atoms with Crippen LogP contribution in [-0.4, -0.2) is 83.6 Å². The maximum atomic E-state index is 11.3. The van der Waals surface area contributed by atoms with E-state index in [1.807, 2.05) is 0 Å². The molecule has 0 saturated carbocycles. The zero-order valence-corrected chi connectivity index (χ0v) is 12.5. The van der Waals surface area contributed by atoms with E-state index in [0.29, 0.717) is 0 Å². The number of hydrogen-bond acceptors (Lipinski definition) is 10. The number of carbonyl (C=O) groups is 1. The average molecular weight is 370 g/mol. The van der Waals surface area contributed by atoms with Gasteiger partial charge in [-0.15, -0.1) is 0 Å². The van der Waals surface area contributed by atoms with Gasteiger partial charge in [0, 0.05) is 0 Å². The van der Waals surface area contributed by atoms with Gasteiger partial charge in [-0.1, -0.05) is 0 Å². The number of phosphoric ester groups is 1. The molecule has 0 amide bonds. The Morgan fingerprint density at radius 3 is 1.91 bits per heavy atom. The molecule has 22 heavy (non-hydrogen) atoms. The summed E-state index contributed by atoms with van der Waals surface area (Å²) in [4.78, 5) is 36.8. The molecule has 0 aliphatic heterocycles. The lowest BCUT2D eigenvalue weighted by Crippen LogP contribution is -2.49. The van der Waals surface area contributed by atoms with E-state index in [1.54, 1.807) is 0 Å². The van der Waals surface area contributed by atoms with Crippen LogP contribution in [-0.2, 0) is 22.8 Å². The monoisotopic (exact) mass is 370 g/mol. The van der Waals surface area contributed by atoms with Crippen LogP contribution in [0.15, 0.2) is 0 Å². The van der Waals surface area contributed by atoms with Gasteiger partial charge in [-0.3, -0.25) is 9.32 Å². The van der Waals surface area contributed by atoms with Crippen LogP contribution in [0.1, 0.15) is 0 Å². The number of phosphoric acid groups is 2. The third-order valence-electron chi connectivity index (χ3n) is 2.16. The lowest BCUT2D eigenvalue weighted by Gasteiger charge is -2.24. The number of Topliss-reactive ketones (excluding diaryl/α,β-unsaturated/α-hetero) is 1. The highest BCUT2D eigenvalue weighted by molar-refractivity contribution is 7.60. The molecule has 13 nitrogen and oxygen atoms in total. The van der Waals surface area contributed by atoms with Gasteiger partial charge in [0.05, 0.1) is 6.61 Å². The summed E-state index contributed by atoms with van der Waals surface area (Å²) in [6.07, 6.45) is -8.64. The minimum absolute atomic E-state index is 0.988. The van der Waals surface area contributed by atoms with Crippen LogP contribution in [0.4, 0.5) is 0 Å². The molecule has 0 rings (SSSR count). The molecule has 0 aromatic carbocycles. The summed E-state index contributed by atoms with van der Waals surface area (Å²) in [6.45, 7) is -2.40. The molecular weight excluding hydrogens is 354 g/mol. The highest BCUT2D eigenvalue weighted by Gasteiger charge is 2.37. The fourth-order valence-electron chi connectivity index (χ4n) is 1.10. The number of aliphatic hydroxyl groups is 5. The molecule has 0 radical (unpaired) electrons. The summed E-state index contributed by atoms with van der Waals surface area (Å²) in [7, 11) is -10.7. The van der Waals surface area contributed by atoms with E-state index >= 15 is 0 Å². The van der Waals surface area contributed by atoms with Crippen molar-refractivity contribution < 1.29 is 63.0 Å². The molecule has 0 bridgehead atoms. The standard InChI is InChI=1S/C7H16O13P2/c8-1-3(9)5(11)7(13)6(12)4(10)2-19-22(17,18)20-21(14,15)16/h3,5-9,11-13H,1-2H2,(H,17,18)(H2,14,15,16)/t3-,5-,6-,7-/m1/s1.